The Labute approximate surface area is 174 Å². The zero-order valence-electron chi connectivity index (χ0n) is 17.1. The van der Waals surface area contributed by atoms with E-state index in [1.807, 2.05) is 31.0 Å². The molecule has 1 amide bonds. The molecule has 4 heterocycles. The number of aryl methyl sites for hydroxylation is 2. The van der Waals surface area contributed by atoms with Crippen molar-refractivity contribution in [1.29, 1.82) is 0 Å². The van der Waals surface area contributed by atoms with E-state index < -0.39 is 0 Å². The van der Waals surface area contributed by atoms with Gasteiger partial charge in [0.05, 0.1) is 17.9 Å². The zero-order valence-corrected chi connectivity index (χ0v) is 17.1. The predicted octanol–water partition coefficient (Wildman–Crippen LogP) is 2.82. The zero-order chi connectivity index (χ0) is 20.9. The second-order valence-electron chi connectivity index (χ2n) is 7.22. The lowest BCUT2D eigenvalue weighted by Crippen LogP contribution is -2.38. The van der Waals surface area contributed by atoms with Crippen molar-refractivity contribution < 1.29 is 4.79 Å². The van der Waals surface area contributed by atoms with Crippen molar-refractivity contribution >= 4 is 23.6 Å². The number of carbonyl (C=O) groups is 1. The predicted molar refractivity (Wildman–Crippen MR) is 113 cm³/mol. The maximum atomic E-state index is 13.0. The molecule has 154 valence electrons. The van der Waals surface area contributed by atoms with Crippen LogP contribution in [0.4, 0.5) is 11.6 Å². The van der Waals surface area contributed by atoms with Crippen LogP contribution in [-0.2, 0) is 11.8 Å². The molecule has 0 aromatic carbocycles. The van der Waals surface area contributed by atoms with E-state index in [9.17, 15) is 4.79 Å². The van der Waals surface area contributed by atoms with Crippen molar-refractivity contribution in [2.75, 3.05) is 11.9 Å². The van der Waals surface area contributed by atoms with Gasteiger partial charge in [0.2, 0.25) is 5.91 Å². The Morgan fingerprint density at radius 1 is 1.20 bits per heavy atom. The smallest absolute Gasteiger partial charge is 0.247 e. The molecule has 0 spiro atoms. The SMILES string of the molecule is Cc1cc(Nc2cnccn2)nc([C@@H]2CCCCN2C(=O)/C=C/c2ccnn2C)n1. The standard InChI is InChI=1S/C21H24N8O/c1-15-13-18(26-19-14-22-10-11-23-19)27-21(25-15)17-5-3-4-12-29(17)20(30)7-6-16-8-9-24-28(16)2/h6-11,13-14,17H,3-5,12H2,1-2H3,(H,23,25,26,27)/b7-6+/t17-/m0/s1. The highest BCUT2D eigenvalue weighted by atomic mass is 16.2. The number of likely N-dealkylation sites (tertiary alicyclic amines) is 1. The third kappa shape index (κ3) is 4.51. The van der Waals surface area contributed by atoms with Gasteiger partial charge in [-0.3, -0.25) is 14.5 Å². The fourth-order valence-corrected chi connectivity index (χ4v) is 3.56. The Morgan fingerprint density at radius 3 is 2.87 bits per heavy atom. The summed E-state index contributed by atoms with van der Waals surface area (Å²) in [5.41, 5.74) is 1.70. The van der Waals surface area contributed by atoms with E-state index in [0.29, 0.717) is 24.0 Å². The number of aromatic nitrogens is 6. The van der Waals surface area contributed by atoms with Gasteiger partial charge in [-0.1, -0.05) is 0 Å². The van der Waals surface area contributed by atoms with Crippen LogP contribution in [0.15, 0.2) is 43.0 Å². The van der Waals surface area contributed by atoms with Crippen LogP contribution < -0.4 is 5.32 Å². The van der Waals surface area contributed by atoms with Gasteiger partial charge < -0.3 is 10.2 Å². The van der Waals surface area contributed by atoms with E-state index in [1.54, 1.807) is 41.6 Å². The summed E-state index contributed by atoms with van der Waals surface area (Å²) in [5, 5.41) is 7.29. The van der Waals surface area contributed by atoms with Crippen molar-refractivity contribution in [2.45, 2.75) is 32.2 Å². The number of amides is 1. The number of hydrogen-bond donors (Lipinski definition) is 1. The molecule has 9 nitrogen and oxygen atoms in total. The van der Waals surface area contributed by atoms with Crippen LogP contribution in [0.5, 0.6) is 0 Å². The largest absolute Gasteiger partial charge is 0.329 e. The summed E-state index contributed by atoms with van der Waals surface area (Å²) in [4.78, 5) is 32.4. The van der Waals surface area contributed by atoms with Crippen LogP contribution >= 0.6 is 0 Å². The Hall–Kier alpha value is -3.62. The molecule has 0 aliphatic carbocycles. The first-order valence-corrected chi connectivity index (χ1v) is 9.95. The Balaban J connectivity index is 1.57. The Morgan fingerprint density at radius 2 is 2.10 bits per heavy atom. The van der Waals surface area contributed by atoms with Crippen LogP contribution in [0.1, 0.15) is 42.5 Å². The van der Waals surface area contributed by atoms with Gasteiger partial charge in [0.1, 0.15) is 11.6 Å². The summed E-state index contributed by atoms with van der Waals surface area (Å²) in [7, 11) is 1.85. The van der Waals surface area contributed by atoms with E-state index in [1.165, 1.54) is 0 Å². The highest BCUT2D eigenvalue weighted by molar-refractivity contribution is 5.91. The maximum Gasteiger partial charge on any atom is 0.247 e. The summed E-state index contributed by atoms with van der Waals surface area (Å²) in [5.74, 6) is 1.84. The molecule has 3 aromatic rings. The van der Waals surface area contributed by atoms with Crippen LogP contribution in [0.25, 0.3) is 6.08 Å². The molecule has 4 rings (SSSR count). The van der Waals surface area contributed by atoms with E-state index in [4.69, 9.17) is 0 Å². The van der Waals surface area contributed by atoms with Crippen molar-refractivity contribution in [3.63, 3.8) is 0 Å². The number of rotatable bonds is 5. The summed E-state index contributed by atoms with van der Waals surface area (Å²) in [6.07, 6.45) is 12.8. The molecule has 1 aliphatic rings. The lowest BCUT2D eigenvalue weighted by molar-refractivity contribution is -0.129. The molecule has 3 aromatic heterocycles. The van der Waals surface area contributed by atoms with Crippen LogP contribution in [0, 0.1) is 6.92 Å². The molecular weight excluding hydrogens is 380 g/mol. The number of nitrogens with zero attached hydrogens (tertiary/aromatic N) is 7. The minimum atomic E-state index is -0.162. The van der Waals surface area contributed by atoms with Gasteiger partial charge in [-0.15, -0.1) is 0 Å². The van der Waals surface area contributed by atoms with Crippen molar-refractivity contribution in [1.82, 2.24) is 34.6 Å². The molecule has 1 atom stereocenters. The number of carbonyl (C=O) groups excluding carboxylic acids is 1. The van der Waals surface area contributed by atoms with Gasteiger partial charge in [0, 0.05) is 50.0 Å². The van der Waals surface area contributed by atoms with Crippen molar-refractivity contribution in [3.8, 4) is 0 Å². The molecule has 1 saturated heterocycles. The van der Waals surface area contributed by atoms with E-state index in [2.05, 4.69) is 30.4 Å². The number of piperidine rings is 1. The van der Waals surface area contributed by atoms with E-state index >= 15 is 0 Å². The third-order valence-electron chi connectivity index (χ3n) is 5.03. The minimum Gasteiger partial charge on any atom is -0.329 e. The molecule has 30 heavy (non-hydrogen) atoms. The van der Waals surface area contributed by atoms with Gasteiger partial charge in [0.25, 0.3) is 0 Å². The lowest BCUT2D eigenvalue weighted by atomic mass is 10.0. The van der Waals surface area contributed by atoms with Crippen LogP contribution in [0.2, 0.25) is 0 Å². The Bertz CT molecular complexity index is 1050. The summed E-state index contributed by atoms with van der Waals surface area (Å²) in [6, 6.07) is 3.56. The first-order chi connectivity index (χ1) is 14.6. The highest BCUT2D eigenvalue weighted by Crippen LogP contribution is 2.30. The van der Waals surface area contributed by atoms with Gasteiger partial charge in [-0.05, 0) is 38.3 Å². The molecular formula is C21H24N8O. The van der Waals surface area contributed by atoms with Gasteiger partial charge in [-0.25, -0.2) is 15.0 Å². The molecule has 1 N–H and O–H groups in total. The number of nitrogens with one attached hydrogen (secondary N) is 1. The number of hydrogen-bond acceptors (Lipinski definition) is 7. The lowest BCUT2D eigenvalue weighted by Gasteiger charge is -2.34. The van der Waals surface area contributed by atoms with E-state index in [-0.39, 0.29) is 11.9 Å². The molecule has 0 radical (unpaired) electrons. The third-order valence-corrected chi connectivity index (χ3v) is 5.03. The Kier molecular flexibility index (Phi) is 5.78. The highest BCUT2D eigenvalue weighted by Gasteiger charge is 2.29. The van der Waals surface area contributed by atoms with Gasteiger partial charge >= 0.3 is 0 Å². The van der Waals surface area contributed by atoms with Gasteiger partial charge in [-0.2, -0.15) is 5.10 Å². The first-order valence-electron chi connectivity index (χ1n) is 9.95. The van der Waals surface area contributed by atoms with Crippen molar-refractivity contribution in [3.05, 3.63) is 60.2 Å². The second-order valence-corrected chi connectivity index (χ2v) is 7.22. The van der Waals surface area contributed by atoms with Crippen molar-refractivity contribution in [2.24, 2.45) is 7.05 Å². The normalized spacial score (nSPS) is 16.7. The number of anilines is 2. The maximum absolute atomic E-state index is 13.0. The second kappa shape index (κ2) is 8.81. The topological polar surface area (TPSA) is 102 Å². The van der Waals surface area contributed by atoms with Crippen LogP contribution in [-0.4, -0.2) is 47.1 Å². The molecule has 9 heteroatoms. The van der Waals surface area contributed by atoms with Crippen LogP contribution in [0.3, 0.4) is 0 Å². The fraction of sp³-hybridized carbons (Fsp3) is 0.333. The average Bonchev–Trinajstić information content (AvgIpc) is 3.17. The summed E-state index contributed by atoms with van der Waals surface area (Å²) >= 11 is 0. The fourth-order valence-electron chi connectivity index (χ4n) is 3.56. The summed E-state index contributed by atoms with van der Waals surface area (Å²) < 4.78 is 1.73. The van der Waals surface area contributed by atoms with E-state index in [0.717, 1.165) is 30.7 Å². The molecule has 1 aliphatic heterocycles. The molecule has 1 fully saturated rings. The first kappa shape index (κ1) is 19.7. The minimum absolute atomic E-state index is 0.0468. The summed E-state index contributed by atoms with van der Waals surface area (Å²) in [6.45, 7) is 2.60. The molecule has 0 unspecified atom stereocenters. The monoisotopic (exact) mass is 404 g/mol. The molecule has 0 bridgehead atoms. The average molecular weight is 404 g/mol. The molecule has 0 saturated carbocycles. The van der Waals surface area contributed by atoms with Gasteiger partial charge in [0.15, 0.2) is 5.82 Å². The quantitative estimate of drug-likeness (QED) is 0.652.